The number of rotatable bonds is 8. The van der Waals surface area contributed by atoms with Crippen molar-refractivity contribution < 1.29 is 4.92 Å². The SMILES string of the molecule is CCCCCCC(C)Nc1cc(Cl)c([N+](=O)[O-])cc1C. The van der Waals surface area contributed by atoms with Crippen LogP contribution in [0, 0.1) is 17.0 Å². The Morgan fingerprint density at radius 2 is 2.05 bits per heavy atom. The molecule has 0 aromatic heterocycles. The summed E-state index contributed by atoms with van der Waals surface area (Å²) >= 11 is 5.94. The van der Waals surface area contributed by atoms with Crippen LogP contribution in [0.3, 0.4) is 0 Å². The van der Waals surface area contributed by atoms with Gasteiger partial charge in [0.15, 0.2) is 0 Å². The lowest BCUT2D eigenvalue weighted by atomic mass is 10.1. The van der Waals surface area contributed by atoms with Crippen LogP contribution < -0.4 is 5.32 Å². The molecule has 0 aliphatic heterocycles. The summed E-state index contributed by atoms with van der Waals surface area (Å²) in [6.07, 6.45) is 6.05. The summed E-state index contributed by atoms with van der Waals surface area (Å²) in [5, 5.41) is 14.4. The van der Waals surface area contributed by atoms with Crippen molar-refractivity contribution in [3.63, 3.8) is 0 Å². The van der Waals surface area contributed by atoms with Gasteiger partial charge in [0, 0.05) is 17.8 Å². The minimum atomic E-state index is -0.451. The van der Waals surface area contributed by atoms with Gasteiger partial charge in [-0.05, 0) is 31.9 Å². The maximum absolute atomic E-state index is 10.8. The monoisotopic (exact) mass is 298 g/mol. The highest BCUT2D eigenvalue weighted by atomic mass is 35.5. The Kier molecular flexibility index (Phi) is 6.79. The third kappa shape index (κ3) is 5.00. The zero-order valence-corrected chi connectivity index (χ0v) is 13.2. The molecular formula is C15H23ClN2O2. The van der Waals surface area contributed by atoms with E-state index in [1.54, 1.807) is 6.07 Å². The molecular weight excluding hydrogens is 276 g/mol. The Hall–Kier alpha value is -1.29. The molecule has 0 radical (unpaired) electrons. The van der Waals surface area contributed by atoms with Crippen molar-refractivity contribution in [2.75, 3.05) is 5.32 Å². The van der Waals surface area contributed by atoms with Gasteiger partial charge < -0.3 is 5.32 Å². The lowest BCUT2D eigenvalue weighted by Crippen LogP contribution is -2.15. The largest absolute Gasteiger partial charge is 0.382 e. The number of hydrogen-bond donors (Lipinski definition) is 1. The first-order chi connectivity index (χ1) is 9.45. The van der Waals surface area contributed by atoms with E-state index in [0.717, 1.165) is 17.7 Å². The molecule has 5 heteroatoms. The first-order valence-corrected chi connectivity index (χ1v) is 7.54. The topological polar surface area (TPSA) is 55.2 Å². The number of aryl methyl sites for hydroxylation is 1. The molecule has 1 unspecified atom stereocenters. The van der Waals surface area contributed by atoms with Crippen LogP contribution in [0.5, 0.6) is 0 Å². The van der Waals surface area contributed by atoms with Gasteiger partial charge in [-0.1, -0.05) is 44.2 Å². The minimum Gasteiger partial charge on any atom is -0.382 e. The van der Waals surface area contributed by atoms with E-state index < -0.39 is 4.92 Å². The van der Waals surface area contributed by atoms with Gasteiger partial charge in [-0.15, -0.1) is 0 Å². The fourth-order valence-electron chi connectivity index (χ4n) is 2.18. The van der Waals surface area contributed by atoms with E-state index in [9.17, 15) is 10.1 Å². The van der Waals surface area contributed by atoms with Gasteiger partial charge in [0.05, 0.1) is 4.92 Å². The second-order valence-electron chi connectivity index (χ2n) is 5.27. The first kappa shape index (κ1) is 16.8. The van der Waals surface area contributed by atoms with Gasteiger partial charge in [0.25, 0.3) is 5.69 Å². The molecule has 0 fully saturated rings. The number of nitrogens with zero attached hydrogens (tertiary/aromatic N) is 1. The fourth-order valence-corrected chi connectivity index (χ4v) is 2.41. The van der Waals surface area contributed by atoms with Crippen LogP contribution in [-0.2, 0) is 0 Å². The van der Waals surface area contributed by atoms with E-state index in [4.69, 9.17) is 11.6 Å². The molecule has 0 amide bonds. The van der Waals surface area contributed by atoms with E-state index >= 15 is 0 Å². The lowest BCUT2D eigenvalue weighted by molar-refractivity contribution is -0.384. The summed E-state index contributed by atoms with van der Waals surface area (Å²) in [4.78, 5) is 10.4. The van der Waals surface area contributed by atoms with Crippen LogP contribution >= 0.6 is 11.6 Å². The average Bonchev–Trinajstić information content (AvgIpc) is 2.38. The molecule has 20 heavy (non-hydrogen) atoms. The zero-order valence-electron chi connectivity index (χ0n) is 12.4. The molecule has 112 valence electrons. The van der Waals surface area contributed by atoms with Crippen LogP contribution in [0.1, 0.15) is 51.5 Å². The average molecular weight is 299 g/mol. The summed E-state index contributed by atoms with van der Waals surface area (Å²) in [5.41, 5.74) is 1.69. The number of benzene rings is 1. The number of unbranched alkanes of at least 4 members (excludes halogenated alkanes) is 3. The summed E-state index contributed by atoms with van der Waals surface area (Å²) < 4.78 is 0. The first-order valence-electron chi connectivity index (χ1n) is 7.16. The number of hydrogen-bond acceptors (Lipinski definition) is 3. The highest BCUT2D eigenvalue weighted by molar-refractivity contribution is 6.33. The molecule has 1 N–H and O–H groups in total. The predicted octanol–water partition coefficient (Wildman–Crippen LogP) is 5.33. The third-order valence-electron chi connectivity index (χ3n) is 3.38. The normalized spacial score (nSPS) is 12.2. The second kappa shape index (κ2) is 8.10. The second-order valence-corrected chi connectivity index (χ2v) is 5.68. The van der Waals surface area contributed by atoms with Gasteiger partial charge in [-0.2, -0.15) is 0 Å². The fraction of sp³-hybridized carbons (Fsp3) is 0.600. The summed E-state index contributed by atoms with van der Waals surface area (Å²) in [6, 6.07) is 3.51. The van der Waals surface area contributed by atoms with Crippen molar-refractivity contribution in [3.05, 3.63) is 32.8 Å². The van der Waals surface area contributed by atoms with Crippen molar-refractivity contribution in [1.29, 1.82) is 0 Å². The quantitative estimate of drug-likeness (QED) is 0.401. The number of halogens is 1. The Bertz CT molecular complexity index is 463. The third-order valence-corrected chi connectivity index (χ3v) is 3.69. The van der Waals surface area contributed by atoms with E-state index in [2.05, 4.69) is 19.2 Å². The molecule has 0 aliphatic rings. The number of nitro groups is 1. The molecule has 4 nitrogen and oxygen atoms in total. The molecule has 0 saturated carbocycles. The lowest BCUT2D eigenvalue weighted by Gasteiger charge is -2.17. The molecule has 1 aromatic carbocycles. The molecule has 0 bridgehead atoms. The Morgan fingerprint density at radius 1 is 1.35 bits per heavy atom. The predicted molar refractivity (Wildman–Crippen MR) is 84.7 cm³/mol. The number of nitrogens with one attached hydrogen (secondary N) is 1. The summed E-state index contributed by atoms with van der Waals surface area (Å²) in [7, 11) is 0. The molecule has 0 saturated heterocycles. The van der Waals surface area contributed by atoms with Gasteiger partial charge >= 0.3 is 0 Å². The van der Waals surface area contributed by atoms with Crippen LogP contribution in [-0.4, -0.2) is 11.0 Å². The molecule has 1 atom stereocenters. The number of anilines is 1. The highest BCUT2D eigenvalue weighted by Gasteiger charge is 2.15. The van der Waals surface area contributed by atoms with Gasteiger partial charge in [-0.25, -0.2) is 0 Å². The van der Waals surface area contributed by atoms with E-state index in [1.165, 1.54) is 31.7 Å². The van der Waals surface area contributed by atoms with E-state index in [1.807, 2.05) is 6.92 Å². The van der Waals surface area contributed by atoms with Crippen LogP contribution in [0.4, 0.5) is 11.4 Å². The van der Waals surface area contributed by atoms with Crippen LogP contribution in [0.2, 0.25) is 5.02 Å². The van der Waals surface area contributed by atoms with E-state index in [0.29, 0.717) is 6.04 Å². The van der Waals surface area contributed by atoms with Gasteiger partial charge in [0.1, 0.15) is 5.02 Å². The van der Waals surface area contributed by atoms with E-state index in [-0.39, 0.29) is 10.7 Å². The standard InChI is InChI=1S/C15H23ClN2O2/c1-4-5-6-7-8-12(3)17-14-10-13(16)15(18(19)20)9-11(14)2/h9-10,12,17H,4-8H2,1-3H3. The van der Waals surface area contributed by atoms with Crippen molar-refractivity contribution in [1.82, 2.24) is 0 Å². The molecule has 1 aromatic rings. The smallest absolute Gasteiger partial charge is 0.288 e. The van der Waals surface area contributed by atoms with Crippen molar-refractivity contribution in [2.24, 2.45) is 0 Å². The highest BCUT2D eigenvalue weighted by Crippen LogP contribution is 2.31. The molecule has 0 aliphatic carbocycles. The van der Waals surface area contributed by atoms with Crippen molar-refractivity contribution in [2.45, 2.75) is 58.9 Å². The van der Waals surface area contributed by atoms with Crippen molar-refractivity contribution >= 4 is 23.0 Å². The van der Waals surface area contributed by atoms with Crippen molar-refractivity contribution in [3.8, 4) is 0 Å². The Balaban J connectivity index is 2.63. The van der Waals surface area contributed by atoms with Gasteiger partial charge in [-0.3, -0.25) is 10.1 Å². The number of nitro benzene ring substituents is 1. The minimum absolute atomic E-state index is 0.0367. The maximum Gasteiger partial charge on any atom is 0.288 e. The summed E-state index contributed by atoms with van der Waals surface area (Å²) in [6.45, 7) is 6.18. The molecule has 0 spiro atoms. The zero-order chi connectivity index (χ0) is 15.1. The Morgan fingerprint density at radius 3 is 2.65 bits per heavy atom. The van der Waals surface area contributed by atoms with Crippen LogP contribution in [0.25, 0.3) is 0 Å². The summed E-state index contributed by atoms with van der Waals surface area (Å²) in [5.74, 6) is 0. The van der Waals surface area contributed by atoms with Crippen LogP contribution in [0.15, 0.2) is 12.1 Å². The Labute approximate surface area is 125 Å². The maximum atomic E-state index is 10.8. The molecule has 0 heterocycles. The van der Waals surface area contributed by atoms with Gasteiger partial charge in [0.2, 0.25) is 0 Å². The molecule has 1 rings (SSSR count).